The van der Waals surface area contributed by atoms with Crippen molar-refractivity contribution in [1.29, 1.82) is 0 Å². The topological polar surface area (TPSA) is 23.6 Å². The summed E-state index contributed by atoms with van der Waals surface area (Å²) in [6.45, 7) is 4.24. The van der Waals surface area contributed by atoms with Crippen LogP contribution in [0.1, 0.15) is 49.3 Å². The molecule has 3 nitrogen and oxygen atoms in total. The molecule has 2 saturated heterocycles. The molecule has 0 unspecified atom stereocenters. The van der Waals surface area contributed by atoms with Crippen LogP contribution in [-0.4, -0.2) is 35.3 Å². The van der Waals surface area contributed by atoms with E-state index in [-0.39, 0.29) is 6.04 Å². The van der Waals surface area contributed by atoms with Crippen molar-refractivity contribution < 1.29 is 4.79 Å². The molecule has 0 spiro atoms. The summed E-state index contributed by atoms with van der Waals surface area (Å²) in [5.41, 5.74) is 2.49. The Kier molecular flexibility index (Phi) is 5.88. The van der Waals surface area contributed by atoms with E-state index in [0.29, 0.717) is 24.8 Å². The van der Waals surface area contributed by atoms with Crippen LogP contribution in [0.4, 0.5) is 0 Å². The van der Waals surface area contributed by atoms with Crippen LogP contribution in [-0.2, 0) is 11.3 Å². The van der Waals surface area contributed by atoms with Gasteiger partial charge in [-0.15, -0.1) is 0 Å². The Morgan fingerprint density at radius 1 is 0.852 bits per heavy atom. The van der Waals surface area contributed by atoms with E-state index < -0.39 is 0 Å². The third-order valence-corrected chi connectivity index (χ3v) is 6.11. The molecule has 2 aromatic carbocycles. The highest BCUT2D eigenvalue weighted by molar-refractivity contribution is 5.77. The van der Waals surface area contributed by atoms with Gasteiger partial charge in [0.15, 0.2) is 0 Å². The molecule has 2 heterocycles. The molecule has 0 radical (unpaired) electrons. The molecule has 0 aromatic heterocycles. The van der Waals surface area contributed by atoms with Crippen molar-refractivity contribution in [2.24, 2.45) is 5.92 Å². The minimum atomic E-state index is 0.176. The van der Waals surface area contributed by atoms with Crippen molar-refractivity contribution in [2.45, 2.75) is 44.7 Å². The van der Waals surface area contributed by atoms with Crippen molar-refractivity contribution in [1.82, 2.24) is 9.80 Å². The first-order chi connectivity index (χ1) is 13.3. The number of amides is 1. The number of hydrogen-bond acceptors (Lipinski definition) is 2. The van der Waals surface area contributed by atoms with E-state index in [2.05, 4.69) is 64.4 Å². The number of piperidine rings is 2. The molecule has 2 aliphatic rings. The third-order valence-electron chi connectivity index (χ3n) is 6.11. The first-order valence-electron chi connectivity index (χ1n) is 10.4. The second kappa shape index (κ2) is 8.71. The molecule has 0 aliphatic carbocycles. The Balaban J connectivity index is 1.61. The maximum atomic E-state index is 12.9. The lowest BCUT2D eigenvalue weighted by Crippen LogP contribution is -2.46. The number of benzene rings is 2. The average molecular weight is 363 g/mol. The van der Waals surface area contributed by atoms with Gasteiger partial charge in [0.1, 0.15) is 0 Å². The summed E-state index contributed by atoms with van der Waals surface area (Å²) in [6, 6.07) is 21.3. The number of likely N-dealkylation sites (tertiary alicyclic amines) is 2. The molecule has 0 bridgehead atoms. The van der Waals surface area contributed by atoms with Gasteiger partial charge in [-0.2, -0.15) is 0 Å². The lowest BCUT2D eigenvalue weighted by atomic mass is 9.83. The van der Waals surface area contributed by atoms with Crippen molar-refractivity contribution in [3.05, 3.63) is 71.8 Å². The van der Waals surface area contributed by atoms with Crippen molar-refractivity contribution in [3.63, 3.8) is 0 Å². The predicted octanol–water partition coefficient (Wildman–Crippen LogP) is 4.65. The number of hydrogen-bond donors (Lipinski definition) is 0. The number of rotatable bonds is 5. The molecule has 142 valence electrons. The Bertz CT molecular complexity index is 725. The second-order valence-electron chi connectivity index (χ2n) is 8.02. The maximum Gasteiger partial charge on any atom is 0.223 e. The fourth-order valence-corrected chi connectivity index (χ4v) is 4.75. The molecule has 4 rings (SSSR count). The van der Waals surface area contributed by atoms with E-state index in [1.54, 1.807) is 0 Å². The Labute approximate surface area is 163 Å². The minimum Gasteiger partial charge on any atom is -0.331 e. The molecule has 27 heavy (non-hydrogen) atoms. The van der Waals surface area contributed by atoms with Gasteiger partial charge in [-0.05, 0) is 49.4 Å². The average Bonchev–Trinajstić information content (AvgIpc) is 2.73. The summed E-state index contributed by atoms with van der Waals surface area (Å²) >= 11 is 0. The lowest BCUT2D eigenvalue weighted by Gasteiger charge is -2.44. The fraction of sp³-hybridized carbons (Fsp3) is 0.458. The van der Waals surface area contributed by atoms with Gasteiger partial charge in [-0.1, -0.05) is 67.1 Å². The number of carbonyl (C=O) groups excluding carboxylic acids is 1. The molecular weight excluding hydrogens is 332 g/mol. The molecule has 2 aromatic rings. The molecule has 1 amide bonds. The summed E-state index contributed by atoms with van der Waals surface area (Å²) in [6.07, 6.45) is 5.67. The Morgan fingerprint density at radius 3 is 2.22 bits per heavy atom. The van der Waals surface area contributed by atoms with Crippen LogP contribution in [0.5, 0.6) is 0 Å². The zero-order valence-corrected chi connectivity index (χ0v) is 16.1. The van der Waals surface area contributed by atoms with Gasteiger partial charge in [-0.25, -0.2) is 0 Å². The molecule has 3 heteroatoms. The highest BCUT2D eigenvalue weighted by Crippen LogP contribution is 2.38. The lowest BCUT2D eigenvalue weighted by molar-refractivity contribution is -0.140. The molecule has 2 fully saturated rings. The van der Waals surface area contributed by atoms with Gasteiger partial charge in [0.2, 0.25) is 5.91 Å². The minimum absolute atomic E-state index is 0.176. The zero-order valence-electron chi connectivity index (χ0n) is 16.1. The Hall–Kier alpha value is -2.13. The van der Waals surface area contributed by atoms with E-state index in [9.17, 15) is 4.79 Å². The SMILES string of the molecule is O=C1CC[C@@H](CN2CCCCC2)[C@H](c2ccccc2)N1Cc1ccccc1. The summed E-state index contributed by atoms with van der Waals surface area (Å²) < 4.78 is 0. The van der Waals surface area contributed by atoms with E-state index in [1.165, 1.54) is 43.5 Å². The monoisotopic (exact) mass is 362 g/mol. The molecule has 2 aliphatic heterocycles. The Morgan fingerprint density at radius 2 is 1.52 bits per heavy atom. The van der Waals surface area contributed by atoms with Crippen molar-refractivity contribution in [2.75, 3.05) is 19.6 Å². The molecule has 0 saturated carbocycles. The van der Waals surface area contributed by atoms with Gasteiger partial charge in [0.25, 0.3) is 0 Å². The normalized spacial score (nSPS) is 24.1. The second-order valence-corrected chi connectivity index (χ2v) is 8.02. The van der Waals surface area contributed by atoms with Gasteiger partial charge in [0, 0.05) is 19.5 Å². The highest BCUT2D eigenvalue weighted by atomic mass is 16.2. The molecular formula is C24H30N2O. The highest BCUT2D eigenvalue weighted by Gasteiger charge is 2.37. The fourth-order valence-electron chi connectivity index (χ4n) is 4.75. The quantitative estimate of drug-likeness (QED) is 0.773. The number of carbonyl (C=O) groups is 1. The van der Waals surface area contributed by atoms with Gasteiger partial charge in [0.05, 0.1) is 6.04 Å². The predicted molar refractivity (Wildman–Crippen MR) is 109 cm³/mol. The van der Waals surface area contributed by atoms with Crippen LogP contribution in [0.25, 0.3) is 0 Å². The summed E-state index contributed by atoms with van der Waals surface area (Å²) in [4.78, 5) is 17.7. The third kappa shape index (κ3) is 4.41. The summed E-state index contributed by atoms with van der Waals surface area (Å²) in [7, 11) is 0. The first-order valence-corrected chi connectivity index (χ1v) is 10.4. The number of nitrogens with zero attached hydrogens (tertiary/aromatic N) is 2. The summed E-state index contributed by atoms with van der Waals surface area (Å²) in [5.74, 6) is 0.800. The van der Waals surface area contributed by atoms with E-state index in [1.807, 2.05) is 6.07 Å². The molecule has 2 atom stereocenters. The van der Waals surface area contributed by atoms with E-state index in [0.717, 1.165) is 13.0 Å². The van der Waals surface area contributed by atoms with Crippen LogP contribution < -0.4 is 0 Å². The van der Waals surface area contributed by atoms with Crippen LogP contribution in [0.2, 0.25) is 0 Å². The summed E-state index contributed by atoms with van der Waals surface area (Å²) in [5, 5.41) is 0. The van der Waals surface area contributed by atoms with Crippen LogP contribution in [0.15, 0.2) is 60.7 Å². The van der Waals surface area contributed by atoms with Crippen LogP contribution >= 0.6 is 0 Å². The van der Waals surface area contributed by atoms with Crippen LogP contribution in [0, 0.1) is 5.92 Å². The zero-order chi connectivity index (χ0) is 18.5. The van der Waals surface area contributed by atoms with Crippen molar-refractivity contribution >= 4 is 5.91 Å². The van der Waals surface area contributed by atoms with E-state index in [4.69, 9.17) is 0 Å². The van der Waals surface area contributed by atoms with Gasteiger partial charge in [-0.3, -0.25) is 4.79 Å². The van der Waals surface area contributed by atoms with Crippen LogP contribution in [0.3, 0.4) is 0 Å². The smallest absolute Gasteiger partial charge is 0.223 e. The molecule has 0 N–H and O–H groups in total. The largest absolute Gasteiger partial charge is 0.331 e. The first kappa shape index (κ1) is 18.2. The maximum absolute atomic E-state index is 12.9. The van der Waals surface area contributed by atoms with E-state index >= 15 is 0 Å². The standard InChI is InChI=1S/C24H30N2O/c27-23-15-14-22(19-25-16-8-3-9-17-25)24(21-12-6-2-7-13-21)26(23)18-20-10-4-1-5-11-20/h1-2,4-7,10-13,22,24H,3,8-9,14-19H2/t22-,24-/m0/s1. The van der Waals surface area contributed by atoms with Gasteiger partial charge < -0.3 is 9.80 Å². The van der Waals surface area contributed by atoms with Crippen molar-refractivity contribution in [3.8, 4) is 0 Å². The van der Waals surface area contributed by atoms with Gasteiger partial charge >= 0.3 is 0 Å².